The summed E-state index contributed by atoms with van der Waals surface area (Å²) in [7, 11) is 1.56. The van der Waals surface area contributed by atoms with Gasteiger partial charge in [-0.1, -0.05) is 31.2 Å². The van der Waals surface area contributed by atoms with Crippen molar-refractivity contribution in [1.29, 1.82) is 0 Å². The van der Waals surface area contributed by atoms with Crippen LogP contribution in [-0.2, 0) is 15.1 Å². The average molecular weight is 415 g/mol. The Hall–Kier alpha value is -3.29. The summed E-state index contributed by atoms with van der Waals surface area (Å²) in [6, 6.07) is 10.0. The van der Waals surface area contributed by atoms with E-state index in [2.05, 4.69) is 5.32 Å². The molecule has 8 heteroatoms. The molecule has 1 saturated heterocycles. The summed E-state index contributed by atoms with van der Waals surface area (Å²) in [5.41, 5.74) is -0.168. The standard InChI is InChI=1S/C22H23F2N3O3/c1-4-22(16-7-11-18(24)12-8-16)20(29)27(21(30)25-22)13-19(28)26(3)14(2)15-5-9-17(23)10-6-15/h5-12,14H,4,13H2,1-3H3,(H,25,30). The van der Waals surface area contributed by atoms with Gasteiger partial charge in [0.1, 0.15) is 23.7 Å². The maximum absolute atomic E-state index is 13.3. The van der Waals surface area contributed by atoms with E-state index in [0.29, 0.717) is 5.56 Å². The molecule has 30 heavy (non-hydrogen) atoms. The van der Waals surface area contributed by atoms with E-state index in [4.69, 9.17) is 0 Å². The van der Waals surface area contributed by atoms with Crippen molar-refractivity contribution in [2.24, 2.45) is 0 Å². The van der Waals surface area contributed by atoms with Crippen molar-refractivity contribution in [2.45, 2.75) is 31.8 Å². The van der Waals surface area contributed by atoms with Gasteiger partial charge in [-0.2, -0.15) is 0 Å². The molecule has 2 aromatic rings. The number of rotatable bonds is 6. The second-order valence-corrected chi connectivity index (χ2v) is 7.32. The fraction of sp³-hybridized carbons (Fsp3) is 0.318. The second kappa shape index (κ2) is 8.22. The Morgan fingerprint density at radius 3 is 2.13 bits per heavy atom. The summed E-state index contributed by atoms with van der Waals surface area (Å²) in [6.45, 7) is 3.07. The molecule has 6 nitrogen and oxygen atoms in total. The molecule has 0 bridgehead atoms. The highest BCUT2D eigenvalue weighted by Crippen LogP contribution is 2.32. The Morgan fingerprint density at radius 1 is 1.07 bits per heavy atom. The monoisotopic (exact) mass is 415 g/mol. The number of carbonyl (C=O) groups excluding carboxylic acids is 3. The lowest BCUT2D eigenvalue weighted by atomic mass is 9.87. The number of carbonyl (C=O) groups is 3. The molecule has 1 N–H and O–H groups in total. The third kappa shape index (κ3) is 3.77. The van der Waals surface area contributed by atoms with Crippen LogP contribution in [0.1, 0.15) is 37.4 Å². The van der Waals surface area contributed by atoms with Crippen molar-refractivity contribution in [2.75, 3.05) is 13.6 Å². The van der Waals surface area contributed by atoms with E-state index in [1.165, 1.54) is 41.3 Å². The molecule has 2 atom stereocenters. The minimum Gasteiger partial charge on any atom is -0.337 e. The highest BCUT2D eigenvalue weighted by atomic mass is 19.1. The molecule has 4 amide bonds. The number of amides is 4. The Bertz CT molecular complexity index is 963. The Labute approximate surface area is 173 Å². The van der Waals surface area contributed by atoms with Gasteiger partial charge in [0.25, 0.3) is 5.91 Å². The molecule has 158 valence electrons. The highest BCUT2D eigenvalue weighted by molar-refractivity contribution is 6.09. The lowest BCUT2D eigenvalue weighted by Gasteiger charge is -2.28. The minimum absolute atomic E-state index is 0.246. The van der Waals surface area contributed by atoms with Gasteiger partial charge >= 0.3 is 6.03 Å². The molecule has 2 unspecified atom stereocenters. The van der Waals surface area contributed by atoms with Gasteiger partial charge in [0.2, 0.25) is 5.91 Å². The van der Waals surface area contributed by atoms with E-state index >= 15 is 0 Å². The van der Waals surface area contributed by atoms with Gasteiger partial charge in [-0.25, -0.2) is 13.6 Å². The molecule has 1 aliphatic rings. The van der Waals surface area contributed by atoms with Crippen LogP contribution in [0.3, 0.4) is 0 Å². The molecule has 1 heterocycles. The number of nitrogens with zero attached hydrogens (tertiary/aromatic N) is 2. The van der Waals surface area contributed by atoms with Crippen LogP contribution in [0.15, 0.2) is 48.5 Å². The third-order valence-corrected chi connectivity index (χ3v) is 5.66. The van der Waals surface area contributed by atoms with Crippen LogP contribution in [0.4, 0.5) is 13.6 Å². The summed E-state index contributed by atoms with van der Waals surface area (Å²) < 4.78 is 26.4. The predicted octanol–water partition coefficient (Wildman–Crippen LogP) is 3.34. The van der Waals surface area contributed by atoms with Crippen LogP contribution in [0.25, 0.3) is 0 Å². The number of benzene rings is 2. The number of likely N-dealkylation sites (N-methyl/N-ethyl adjacent to an activating group) is 1. The summed E-state index contributed by atoms with van der Waals surface area (Å²) in [5.74, 6) is -1.83. The quantitative estimate of drug-likeness (QED) is 0.736. The Kier molecular flexibility index (Phi) is 5.87. The zero-order valence-electron chi connectivity index (χ0n) is 17.0. The molecule has 1 fully saturated rings. The van der Waals surface area contributed by atoms with Gasteiger partial charge in [0, 0.05) is 7.05 Å². The smallest absolute Gasteiger partial charge is 0.325 e. The van der Waals surface area contributed by atoms with Crippen molar-refractivity contribution in [1.82, 2.24) is 15.1 Å². The van der Waals surface area contributed by atoms with Gasteiger partial charge in [-0.3, -0.25) is 14.5 Å². The van der Waals surface area contributed by atoms with Crippen molar-refractivity contribution in [3.63, 3.8) is 0 Å². The molecule has 3 rings (SSSR count). The molecule has 2 aromatic carbocycles. The molecule has 0 saturated carbocycles. The number of hydrogen-bond acceptors (Lipinski definition) is 3. The second-order valence-electron chi connectivity index (χ2n) is 7.32. The van der Waals surface area contributed by atoms with Crippen LogP contribution in [0.2, 0.25) is 0 Å². The van der Waals surface area contributed by atoms with E-state index in [-0.39, 0.29) is 18.3 Å². The number of imide groups is 1. The fourth-order valence-electron chi connectivity index (χ4n) is 3.57. The third-order valence-electron chi connectivity index (χ3n) is 5.66. The van der Waals surface area contributed by atoms with Crippen molar-refractivity contribution < 1.29 is 23.2 Å². The number of hydrogen-bond donors (Lipinski definition) is 1. The van der Waals surface area contributed by atoms with Gasteiger partial charge in [-0.15, -0.1) is 0 Å². The summed E-state index contributed by atoms with van der Waals surface area (Å²) in [5, 5.41) is 2.67. The zero-order chi connectivity index (χ0) is 22.1. The van der Waals surface area contributed by atoms with E-state index in [0.717, 1.165) is 10.5 Å². The van der Waals surface area contributed by atoms with Gasteiger partial charge < -0.3 is 10.2 Å². The van der Waals surface area contributed by atoms with Gasteiger partial charge in [-0.05, 0) is 48.7 Å². The Balaban J connectivity index is 1.78. The van der Waals surface area contributed by atoms with Gasteiger partial charge in [0.05, 0.1) is 6.04 Å². The van der Waals surface area contributed by atoms with E-state index in [1.807, 2.05) is 0 Å². The maximum Gasteiger partial charge on any atom is 0.325 e. The van der Waals surface area contributed by atoms with Crippen molar-refractivity contribution >= 4 is 17.8 Å². The number of halogens is 2. The van der Waals surface area contributed by atoms with Crippen molar-refractivity contribution in [3.05, 3.63) is 71.3 Å². The summed E-state index contributed by atoms with van der Waals surface area (Å²) in [4.78, 5) is 40.7. The molecular weight excluding hydrogens is 392 g/mol. The molecule has 0 spiro atoms. The fourth-order valence-corrected chi connectivity index (χ4v) is 3.57. The van der Waals surface area contributed by atoms with E-state index in [1.54, 1.807) is 33.0 Å². The van der Waals surface area contributed by atoms with Crippen LogP contribution in [0.5, 0.6) is 0 Å². The molecular formula is C22H23F2N3O3. The topological polar surface area (TPSA) is 69.7 Å². The van der Waals surface area contributed by atoms with Gasteiger partial charge in [0.15, 0.2) is 0 Å². The van der Waals surface area contributed by atoms with Crippen LogP contribution >= 0.6 is 0 Å². The van der Waals surface area contributed by atoms with E-state index in [9.17, 15) is 23.2 Å². The largest absolute Gasteiger partial charge is 0.337 e. The summed E-state index contributed by atoms with van der Waals surface area (Å²) >= 11 is 0. The lowest BCUT2D eigenvalue weighted by Crippen LogP contribution is -2.45. The van der Waals surface area contributed by atoms with Crippen molar-refractivity contribution in [3.8, 4) is 0 Å². The first-order valence-corrected chi connectivity index (χ1v) is 9.61. The minimum atomic E-state index is -1.34. The zero-order valence-corrected chi connectivity index (χ0v) is 17.0. The normalized spacial score (nSPS) is 19.6. The molecule has 0 aromatic heterocycles. The van der Waals surface area contributed by atoms with E-state index < -0.39 is 35.7 Å². The highest BCUT2D eigenvalue weighted by Gasteiger charge is 2.51. The Morgan fingerprint density at radius 2 is 1.60 bits per heavy atom. The average Bonchev–Trinajstić information content (AvgIpc) is 2.98. The number of nitrogens with one attached hydrogen (secondary N) is 1. The molecule has 0 aliphatic carbocycles. The first-order valence-electron chi connectivity index (χ1n) is 9.61. The SMILES string of the molecule is CCC1(c2ccc(F)cc2)NC(=O)N(CC(=O)N(C)C(C)c2ccc(F)cc2)C1=O. The molecule has 1 aliphatic heterocycles. The first-order chi connectivity index (χ1) is 14.2. The van der Waals surface area contributed by atoms with Crippen LogP contribution < -0.4 is 5.32 Å². The lowest BCUT2D eigenvalue weighted by molar-refractivity contribution is -0.139. The van der Waals surface area contributed by atoms with Crippen LogP contribution in [-0.4, -0.2) is 41.2 Å². The molecule has 0 radical (unpaired) electrons. The maximum atomic E-state index is 13.3. The number of urea groups is 1. The predicted molar refractivity (Wildman–Crippen MR) is 106 cm³/mol. The first kappa shape index (κ1) is 21.4. The summed E-state index contributed by atoms with van der Waals surface area (Å²) in [6.07, 6.45) is 0.246. The van der Waals surface area contributed by atoms with Crippen LogP contribution in [0, 0.1) is 11.6 Å².